The predicted molar refractivity (Wildman–Crippen MR) is 111 cm³/mol. The molecule has 0 aliphatic rings. The third kappa shape index (κ3) is 6.33. The zero-order valence-corrected chi connectivity index (χ0v) is 16.9. The first-order valence-corrected chi connectivity index (χ1v) is 9.53. The van der Waals surface area contributed by atoms with E-state index < -0.39 is 0 Å². The van der Waals surface area contributed by atoms with Gasteiger partial charge in [-0.3, -0.25) is 14.9 Å². The van der Waals surface area contributed by atoms with Crippen LogP contribution in [0.15, 0.2) is 48.5 Å². The van der Waals surface area contributed by atoms with Crippen LogP contribution < -0.4 is 10.6 Å². The van der Waals surface area contributed by atoms with Gasteiger partial charge in [0.05, 0.1) is 6.04 Å². The number of hydrogen-bond donors (Lipinski definition) is 2. The summed E-state index contributed by atoms with van der Waals surface area (Å²) in [6.07, 6.45) is 1.07. The van der Waals surface area contributed by atoms with Gasteiger partial charge >= 0.3 is 0 Å². The molecular weight excluding hydrogens is 336 g/mol. The minimum Gasteiger partial charge on any atom is -0.325 e. The number of hydrogen-bond acceptors (Lipinski definition) is 3. The van der Waals surface area contributed by atoms with Crippen LogP contribution in [0.1, 0.15) is 62.1 Å². The number of carbonyl (C=O) groups is 2. The fraction of sp³-hybridized carbons (Fsp3) is 0.391. The van der Waals surface area contributed by atoms with Crippen molar-refractivity contribution in [2.45, 2.75) is 53.1 Å². The van der Waals surface area contributed by atoms with Crippen LogP contribution in [0.3, 0.4) is 0 Å². The highest BCUT2D eigenvalue weighted by atomic mass is 16.2. The molecule has 1 amide bonds. The SMILES string of the molecule is CC(=O)c1ccc(NC(=O)[C@H](C)N[C@@H](C)c2ccc(CC(C)C)cc2)cc1. The maximum absolute atomic E-state index is 12.4. The Kier molecular flexibility index (Phi) is 7.31. The summed E-state index contributed by atoms with van der Waals surface area (Å²) in [6.45, 7) is 9.86. The highest BCUT2D eigenvalue weighted by molar-refractivity contribution is 5.96. The molecule has 0 radical (unpaired) electrons. The van der Waals surface area contributed by atoms with E-state index in [1.807, 2.05) is 6.92 Å². The Labute approximate surface area is 162 Å². The third-order valence-electron chi connectivity index (χ3n) is 4.58. The van der Waals surface area contributed by atoms with E-state index in [1.54, 1.807) is 24.3 Å². The van der Waals surface area contributed by atoms with E-state index in [2.05, 4.69) is 55.7 Å². The van der Waals surface area contributed by atoms with Gasteiger partial charge in [0.2, 0.25) is 5.91 Å². The zero-order valence-electron chi connectivity index (χ0n) is 16.9. The highest BCUT2D eigenvalue weighted by Crippen LogP contribution is 2.17. The van der Waals surface area contributed by atoms with Crippen LogP contribution in [-0.4, -0.2) is 17.7 Å². The molecule has 0 aliphatic heterocycles. The van der Waals surface area contributed by atoms with Crippen molar-refractivity contribution in [2.24, 2.45) is 5.92 Å². The van der Waals surface area contributed by atoms with Crippen LogP contribution in [0, 0.1) is 5.92 Å². The van der Waals surface area contributed by atoms with Crippen molar-refractivity contribution in [3.63, 3.8) is 0 Å². The van der Waals surface area contributed by atoms with Crippen LogP contribution in [0.2, 0.25) is 0 Å². The van der Waals surface area contributed by atoms with E-state index in [1.165, 1.54) is 12.5 Å². The Bertz CT molecular complexity index is 764. The fourth-order valence-corrected chi connectivity index (χ4v) is 3.00. The van der Waals surface area contributed by atoms with Crippen LogP contribution in [0.5, 0.6) is 0 Å². The molecule has 2 aromatic rings. The van der Waals surface area contributed by atoms with Crippen molar-refractivity contribution >= 4 is 17.4 Å². The van der Waals surface area contributed by atoms with Gasteiger partial charge in [0, 0.05) is 17.3 Å². The monoisotopic (exact) mass is 366 g/mol. The lowest BCUT2D eigenvalue weighted by Gasteiger charge is -2.20. The lowest BCUT2D eigenvalue weighted by atomic mass is 9.99. The van der Waals surface area contributed by atoms with Crippen molar-refractivity contribution < 1.29 is 9.59 Å². The molecule has 0 spiro atoms. The molecule has 0 aliphatic carbocycles. The molecule has 144 valence electrons. The molecule has 0 heterocycles. The van der Waals surface area contributed by atoms with Crippen molar-refractivity contribution in [3.8, 4) is 0 Å². The zero-order chi connectivity index (χ0) is 20.0. The smallest absolute Gasteiger partial charge is 0.241 e. The number of Topliss-reactive ketones (excluding diaryl/α,β-unsaturated/α-hetero) is 1. The van der Waals surface area contributed by atoms with Gasteiger partial charge in [0.1, 0.15) is 0 Å². The number of benzene rings is 2. The molecule has 2 N–H and O–H groups in total. The Morgan fingerprint density at radius 3 is 2.00 bits per heavy atom. The second-order valence-corrected chi connectivity index (χ2v) is 7.57. The first-order chi connectivity index (χ1) is 12.8. The first kappa shape index (κ1) is 20.8. The van der Waals surface area contributed by atoms with Crippen LogP contribution in [0.25, 0.3) is 0 Å². The molecule has 4 heteroatoms. The topological polar surface area (TPSA) is 58.2 Å². The number of amides is 1. The number of anilines is 1. The first-order valence-electron chi connectivity index (χ1n) is 9.53. The summed E-state index contributed by atoms with van der Waals surface area (Å²) in [5.41, 5.74) is 3.81. The van der Waals surface area contributed by atoms with Crippen molar-refractivity contribution in [1.29, 1.82) is 0 Å². The van der Waals surface area contributed by atoms with E-state index in [-0.39, 0.29) is 23.8 Å². The Morgan fingerprint density at radius 2 is 1.48 bits per heavy atom. The quantitative estimate of drug-likeness (QED) is 0.662. The number of rotatable bonds is 8. The summed E-state index contributed by atoms with van der Waals surface area (Å²) in [5, 5.41) is 6.22. The Balaban J connectivity index is 1.91. The maximum Gasteiger partial charge on any atom is 0.241 e. The average Bonchev–Trinajstić information content (AvgIpc) is 2.62. The minimum absolute atomic E-state index is 0.0103. The van der Waals surface area contributed by atoms with Gasteiger partial charge in [0.25, 0.3) is 0 Å². The van der Waals surface area contributed by atoms with Crippen molar-refractivity contribution in [3.05, 3.63) is 65.2 Å². The van der Waals surface area contributed by atoms with Gasteiger partial charge in [-0.1, -0.05) is 38.1 Å². The molecule has 2 aromatic carbocycles. The van der Waals surface area contributed by atoms with Crippen LogP contribution in [0.4, 0.5) is 5.69 Å². The molecule has 2 rings (SSSR count). The van der Waals surface area contributed by atoms with Gasteiger partial charge < -0.3 is 5.32 Å². The summed E-state index contributed by atoms with van der Waals surface area (Å²) < 4.78 is 0. The predicted octanol–water partition coefficient (Wildman–Crippen LogP) is 4.77. The van der Waals surface area contributed by atoms with Gasteiger partial charge in [-0.15, -0.1) is 0 Å². The summed E-state index contributed by atoms with van der Waals surface area (Å²) in [4.78, 5) is 23.8. The van der Waals surface area contributed by atoms with Crippen molar-refractivity contribution in [1.82, 2.24) is 5.32 Å². The Hall–Kier alpha value is -2.46. The molecule has 4 nitrogen and oxygen atoms in total. The molecular formula is C23H30N2O2. The minimum atomic E-state index is -0.345. The molecule has 0 aromatic heterocycles. The molecule has 2 atom stereocenters. The summed E-state index contributed by atoms with van der Waals surface area (Å²) in [7, 11) is 0. The lowest BCUT2D eigenvalue weighted by molar-refractivity contribution is -0.117. The molecule has 0 bridgehead atoms. The van der Waals surface area contributed by atoms with E-state index in [0.717, 1.165) is 12.0 Å². The van der Waals surface area contributed by atoms with Gasteiger partial charge in [-0.25, -0.2) is 0 Å². The Morgan fingerprint density at radius 1 is 0.889 bits per heavy atom. The largest absolute Gasteiger partial charge is 0.325 e. The van der Waals surface area contributed by atoms with Crippen LogP contribution in [-0.2, 0) is 11.2 Å². The number of ketones is 1. The second-order valence-electron chi connectivity index (χ2n) is 7.57. The molecule has 0 saturated carbocycles. The van der Waals surface area contributed by atoms with E-state index in [4.69, 9.17) is 0 Å². The molecule has 0 unspecified atom stereocenters. The van der Waals surface area contributed by atoms with Crippen molar-refractivity contribution in [2.75, 3.05) is 5.32 Å². The lowest BCUT2D eigenvalue weighted by Crippen LogP contribution is -2.39. The summed E-state index contributed by atoms with van der Waals surface area (Å²) >= 11 is 0. The molecule has 0 saturated heterocycles. The summed E-state index contributed by atoms with van der Waals surface area (Å²) in [5.74, 6) is 0.546. The third-order valence-corrected chi connectivity index (χ3v) is 4.58. The van der Waals surface area contributed by atoms with Gasteiger partial charge in [-0.05, 0) is 68.5 Å². The normalized spacial score (nSPS) is 13.3. The standard InChI is InChI=1S/C23H30N2O2/c1-15(2)14-19-6-8-20(9-7-19)16(3)24-17(4)23(27)25-22-12-10-21(11-13-22)18(5)26/h6-13,15-17,24H,14H2,1-5H3,(H,25,27)/t16-,17-/m0/s1. The fourth-order valence-electron chi connectivity index (χ4n) is 3.00. The highest BCUT2D eigenvalue weighted by Gasteiger charge is 2.16. The van der Waals surface area contributed by atoms with E-state index >= 15 is 0 Å². The van der Waals surface area contributed by atoms with Gasteiger partial charge in [0.15, 0.2) is 5.78 Å². The summed E-state index contributed by atoms with van der Waals surface area (Å²) in [6, 6.07) is 15.2. The number of nitrogens with one attached hydrogen (secondary N) is 2. The van der Waals surface area contributed by atoms with Crippen LogP contribution >= 0.6 is 0 Å². The second kappa shape index (κ2) is 9.47. The van der Waals surface area contributed by atoms with Gasteiger partial charge in [-0.2, -0.15) is 0 Å². The van der Waals surface area contributed by atoms with E-state index in [0.29, 0.717) is 17.2 Å². The average molecular weight is 367 g/mol. The maximum atomic E-state index is 12.4. The molecule has 27 heavy (non-hydrogen) atoms. The van der Waals surface area contributed by atoms with E-state index in [9.17, 15) is 9.59 Å². The number of carbonyl (C=O) groups excluding carboxylic acids is 2. The molecule has 0 fully saturated rings.